The molecule has 2 aromatic heterocycles. The lowest BCUT2D eigenvalue weighted by atomic mass is 9.92. The van der Waals surface area contributed by atoms with Crippen molar-refractivity contribution in [2.75, 3.05) is 17.2 Å². The minimum absolute atomic E-state index is 0.0367. The van der Waals surface area contributed by atoms with Crippen molar-refractivity contribution in [2.45, 2.75) is 50.9 Å². The van der Waals surface area contributed by atoms with Crippen LogP contribution in [0.3, 0.4) is 0 Å². The molecule has 9 nitrogen and oxygen atoms in total. The Balaban J connectivity index is 1.48. The minimum Gasteiger partial charge on any atom is -0.382 e. The number of nitrogens with zero attached hydrogens (tertiary/aromatic N) is 5. The molecule has 4 aromatic rings. The summed E-state index contributed by atoms with van der Waals surface area (Å²) >= 11 is 0. The van der Waals surface area contributed by atoms with Gasteiger partial charge in [-0.25, -0.2) is 13.2 Å². The fourth-order valence-electron chi connectivity index (χ4n) is 5.47. The summed E-state index contributed by atoms with van der Waals surface area (Å²) in [4.78, 5) is 8.41. The second-order valence-corrected chi connectivity index (χ2v) is 12.1. The lowest BCUT2D eigenvalue weighted by Crippen LogP contribution is -2.48. The number of alkyl halides is 5. The van der Waals surface area contributed by atoms with Crippen molar-refractivity contribution < 1.29 is 26.3 Å². The summed E-state index contributed by atoms with van der Waals surface area (Å²) in [5.41, 5.74) is 3.63. The van der Waals surface area contributed by atoms with Crippen LogP contribution in [-0.2, 0) is 0 Å². The van der Waals surface area contributed by atoms with Gasteiger partial charge >= 0.3 is 6.18 Å². The van der Waals surface area contributed by atoms with Crippen molar-refractivity contribution >= 4 is 33.2 Å². The van der Waals surface area contributed by atoms with Crippen LogP contribution < -0.4 is 21.6 Å². The van der Waals surface area contributed by atoms with E-state index in [1.165, 1.54) is 47.9 Å². The van der Waals surface area contributed by atoms with E-state index in [1.807, 2.05) is 6.07 Å². The van der Waals surface area contributed by atoms with E-state index >= 15 is 0 Å². The summed E-state index contributed by atoms with van der Waals surface area (Å²) in [7, 11) is 0. The maximum Gasteiger partial charge on any atom is 0.395 e. The molecule has 1 saturated carbocycles. The molecular formula is C32H27F6N9. The van der Waals surface area contributed by atoms with E-state index in [2.05, 4.69) is 37.6 Å². The number of halogens is 6. The highest BCUT2D eigenvalue weighted by Gasteiger charge is 2.56. The van der Waals surface area contributed by atoms with Crippen LogP contribution in [0.25, 0.3) is 21.8 Å². The zero-order valence-electron chi connectivity index (χ0n) is 25.0. The van der Waals surface area contributed by atoms with Gasteiger partial charge in [0.2, 0.25) is 0 Å². The molecule has 2 aliphatic rings. The van der Waals surface area contributed by atoms with E-state index in [0.717, 1.165) is 13.8 Å². The van der Waals surface area contributed by atoms with Gasteiger partial charge in [0.05, 0.1) is 39.5 Å². The SMILES string of the molecule is CC(C)(CNc1c(C#N)cnc2c(C#N)cc(N[C@H](C3=CN(C4(C(F)F)CC4)NN3)c3ccc(F)c4ncccc34)cc12)C(F)(F)F. The van der Waals surface area contributed by atoms with E-state index in [0.29, 0.717) is 16.6 Å². The lowest BCUT2D eigenvalue weighted by Gasteiger charge is -2.29. The molecule has 0 spiro atoms. The van der Waals surface area contributed by atoms with Gasteiger partial charge in [-0.3, -0.25) is 15.0 Å². The van der Waals surface area contributed by atoms with Crippen LogP contribution in [0.4, 0.5) is 37.7 Å². The Bertz CT molecular complexity index is 1990. The third kappa shape index (κ3) is 5.57. The Morgan fingerprint density at radius 3 is 2.43 bits per heavy atom. The predicted octanol–water partition coefficient (Wildman–Crippen LogP) is 6.78. The summed E-state index contributed by atoms with van der Waals surface area (Å²) in [6, 6.07) is 12.2. The summed E-state index contributed by atoms with van der Waals surface area (Å²) in [5.74, 6) is -0.573. The topological polar surface area (TPSA) is 125 Å². The number of nitriles is 2. The molecule has 0 amide bonds. The van der Waals surface area contributed by atoms with Gasteiger partial charge < -0.3 is 16.1 Å². The minimum atomic E-state index is -4.55. The first kappa shape index (κ1) is 31.7. The molecule has 0 unspecified atom stereocenters. The molecular weight excluding hydrogens is 624 g/mol. The molecule has 6 rings (SSSR count). The Hall–Kier alpha value is -5.28. The molecule has 0 radical (unpaired) electrons. The number of hydrogen-bond acceptors (Lipinski definition) is 9. The average molecular weight is 652 g/mol. The first-order chi connectivity index (χ1) is 22.3. The molecule has 0 bridgehead atoms. The third-order valence-corrected chi connectivity index (χ3v) is 8.61. The van der Waals surface area contributed by atoms with Crippen LogP contribution in [0.5, 0.6) is 0 Å². The zero-order valence-corrected chi connectivity index (χ0v) is 25.0. The Morgan fingerprint density at radius 1 is 1.02 bits per heavy atom. The molecule has 1 aliphatic heterocycles. The van der Waals surface area contributed by atoms with Crippen LogP contribution in [0.15, 0.2) is 60.7 Å². The van der Waals surface area contributed by atoms with Crippen LogP contribution >= 0.6 is 0 Å². The highest BCUT2D eigenvalue weighted by atomic mass is 19.4. The Morgan fingerprint density at radius 2 is 1.77 bits per heavy atom. The molecule has 4 N–H and O–H groups in total. The van der Waals surface area contributed by atoms with Crippen molar-refractivity contribution in [1.29, 1.82) is 10.5 Å². The van der Waals surface area contributed by atoms with Gasteiger partial charge in [-0.05, 0) is 56.5 Å². The fourth-order valence-corrected chi connectivity index (χ4v) is 5.47. The average Bonchev–Trinajstić information content (AvgIpc) is 3.72. The molecule has 1 aliphatic carbocycles. The third-order valence-electron chi connectivity index (χ3n) is 8.61. The number of nitrogens with one attached hydrogen (secondary N) is 4. The van der Waals surface area contributed by atoms with Crippen LogP contribution in [0, 0.1) is 33.9 Å². The Kier molecular flexibility index (Phi) is 7.76. The molecule has 3 heterocycles. The summed E-state index contributed by atoms with van der Waals surface area (Å²) in [5, 5.41) is 27.8. The Labute approximate surface area is 264 Å². The summed E-state index contributed by atoms with van der Waals surface area (Å²) in [6.07, 6.45) is -2.55. The first-order valence-corrected chi connectivity index (χ1v) is 14.5. The van der Waals surface area contributed by atoms with E-state index in [4.69, 9.17) is 0 Å². The second kappa shape index (κ2) is 11.5. The molecule has 1 atom stereocenters. The number of rotatable bonds is 9. The number of aromatic nitrogens is 2. The van der Waals surface area contributed by atoms with Gasteiger partial charge in [0.1, 0.15) is 29.0 Å². The van der Waals surface area contributed by atoms with Crippen molar-refractivity contribution in [2.24, 2.45) is 5.41 Å². The van der Waals surface area contributed by atoms with Crippen LogP contribution in [0.2, 0.25) is 0 Å². The number of fused-ring (bicyclic) bond motifs is 2. The van der Waals surface area contributed by atoms with Gasteiger partial charge in [-0.1, -0.05) is 12.1 Å². The largest absolute Gasteiger partial charge is 0.395 e. The van der Waals surface area contributed by atoms with Gasteiger partial charge in [0, 0.05) is 41.6 Å². The normalized spacial score (nSPS) is 16.4. The van der Waals surface area contributed by atoms with E-state index in [9.17, 15) is 36.9 Å². The number of anilines is 2. The van der Waals surface area contributed by atoms with E-state index in [-0.39, 0.29) is 51.8 Å². The molecule has 242 valence electrons. The van der Waals surface area contributed by atoms with E-state index < -0.39 is 42.0 Å². The molecule has 15 heteroatoms. The number of hydrogen-bond donors (Lipinski definition) is 4. The fraction of sp³-hybridized carbons (Fsp3) is 0.312. The first-order valence-electron chi connectivity index (χ1n) is 14.5. The highest BCUT2D eigenvalue weighted by molar-refractivity contribution is 5.99. The van der Waals surface area contributed by atoms with Crippen molar-refractivity contribution in [3.05, 3.63) is 83.2 Å². The smallest absolute Gasteiger partial charge is 0.382 e. The quantitative estimate of drug-likeness (QED) is 0.145. The second-order valence-electron chi connectivity index (χ2n) is 12.1. The van der Waals surface area contributed by atoms with Gasteiger partial charge in [-0.15, -0.1) is 5.53 Å². The summed E-state index contributed by atoms with van der Waals surface area (Å²) < 4.78 is 83.8. The number of hydrazine groups is 2. The summed E-state index contributed by atoms with van der Waals surface area (Å²) in [6.45, 7) is 1.47. The van der Waals surface area contributed by atoms with Crippen molar-refractivity contribution in [3.63, 3.8) is 0 Å². The zero-order chi connectivity index (χ0) is 33.7. The number of benzene rings is 2. The van der Waals surface area contributed by atoms with Gasteiger partial charge in [0.15, 0.2) is 0 Å². The van der Waals surface area contributed by atoms with Crippen molar-refractivity contribution in [1.82, 2.24) is 25.9 Å². The van der Waals surface area contributed by atoms with E-state index in [1.54, 1.807) is 12.1 Å². The maximum absolute atomic E-state index is 14.8. The maximum atomic E-state index is 14.8. The van der Waals surface area contributed by atoms with Gasteiger partial charge in [0.25, 0.3) is 6.43 Å². The highest BCUT2D eigenvalue weighted by Crippen LogP contribution is 2.47. The monoisotopic (exact) mass is 651 g/mol. The molecule has 0 saturated heterocycles. The van der Waals surface area contributed by atoms with Crippen LogP contribution in [0.1, 0.15) is 49.4 Å². The lowest BCUT2D eigenvalue weighted by molar-refractivity contribution is -0.206. The number of pyridine rings is 2. The molecule has 47 heavy (non-hydrogen) atoms. The standard InChI is InChI=1S/C32H27F6N9/c1-30(2,32(36,37)38)16-43-26-18(13-40)14-42-25-17(12-39)10-19(11-22(25)26)44-28(21-5-6-23(33)27-20(21)4-3-9-41-27)24-15-47(46-45-24)31(7-8-31)29(34)35/h3-6,9-11,14-15,28-29,44-46H,7-8,16H2,1-2H3,(H,42,43)/t28-/m0/s1. The molecule has 1 fully saturated rings. The van der Waals surface area contributed by atoms with Crippen molar-refractivity contribution in [3.8, 4) is 12.1 Å². The predicted molar refractivity (Wildman–Crippen MR) is 162 cm³/mol. The van der Waals surface area contributed by atoms with Gasteiger partial charge in [-0.2, -0.15) is 23.7 Å². The van der Waals surface area contributed by atoms with Crippen LogP contribution in [-0.4, -0.2) is 39.7 Å². The molecule has 2 aromatic carbocycles.